The molecule has 0 radical (unpaired) electrons. The zero-order valence-electron chi connectivity index (χ0n) is 11.9. The third-order valence-corrected chi connectivity index (χ3v) is 3.24. The first-order valence-corrected chi connectivity index (χ1v) is 6.62. The summed E-state index contributed by atoms with van der Waals surface area (Å²) in [4.78, 5) is 2.16. The monoisotopic (exact) mass is 254 g/mol. The van der Waals surface area contributed by atoms with Crippen LogP contribution in [-0.4, -0.2) is 19.0 Å². The van der Waals surface area contributed by atoms with Crippen molar-refractivity contribution < 1.29 is 0 Å². The van der Waals surface area contributed by atoms with Crippen molar-refractivity contribution in [2.24, 2.45) is 5.73 Å². The topological polar surface area (TPSA) is 29.3 Å². The van der Waals surface area contributed by atoms with Crippen LogP contribution < -0.4 is 5.73 Å². The molecule has 0 saturated heterocycles. The Bertz CT molecular complexity index is 529. The van der Waals surface area contributed by atoms with E-state index in [2.05, 4.69) is 74.4 Å². The molecule has 0 bridgehead atoms. The lowest BCUT2D eigenvalue weighted by atomic mass is 9.97. The van der Waals surface area contributed by atoms with Crippen LogP contribution in [0.5, 0.6) is 0 Å². The Morgan fingerprint density at radius 1 is 1.00 bits per heavy atom. The highest BCUT2D eigenvalue weighted by Crippen LogP contribution is 2.21. The first-order valence-electron chi connectivity index (χ1n) is 6.62. The van der Waals surface area contributed by atoms with Gasteiger partial charge in [0.05, 0.1) is 6.04 Å². The van der Waals surface area contributed by atoms with Gasteiger partial charge in [0.15, 0.2) is 0 Å². The second-order valence-electron chi connectivity index (χ2n) is 5.37. The molecule has 0 aromatic heterocycles. The van der Waals surface area contributed by atoms with E-state index in [0.717, 1.165) is 12.1 Å². The molecule has 0 aliphatic heterocycles. The molecule has 0 heterocycles. The molecule has 0 aliphatic rings. The fourth-order valence-corrected chi connectivity index (χ4v) is 2.25. The van der Waals surface area contributed by atoms with Gasteiger partial charge in [0.1, 0.15) is 0 Å². The summed E-state index contributed by atoms with van der Waals surface area (Å²) in [5, 5.41) is 0. The van der Waals surface area contributed by atoms with Crippen LogP contribution in [0.15, 0.2) is 48.5 Å². The summed E-state index contributed by atoms with van der Waals surface area (Å²) in [6, 6.07) is 16.9. The van der Waals surface area contributed by atoms with Crippen LogP contribution in [0.3, 0.4) is 0 Å². The van der Waals surface area contributed by atoms with Gasteiger partial charge in [-0.1, -0.05) is 54.1 Å². The van der Waals surface area contributed by atoms with Crippen molar-refractivity contribution in [1.29, 1.82) is 0 Å². The molecule has 0 amide bonds. The molecule has 2 N–H and O–H groups in total. The predicted molar refractivity (Wildman–Crippen MR) is 81.0 cm³/mol. The van der Waals surface area contributed by atoms with E-state index in [1.165, 1.54) is 16.7 Å². The van der Waals surface area contributed by atoms with Crippen molar-refractivity contribution in [2.75, 3.05) is 14.1 Å². The molecule has 0 spiro atoms. The van der Waals surface area contributed by atoms with Crippen LogP contribution in [-0.2, 0) is 6.54 Å². The normalized spacial score (nSPS) is 12.7. The van der Waals surface area contributed by atoms with E-state index < -0.39 is 0 Å². The molecule has 2 rings (SSSR count). The zero-order valence-corrected chi connectivity index (χ0v) is 11.9. The van der Waals surface area contributed by atoms with E-state index in [-0.39, 0.29) is 6.04 Å². The van der Waals surface area contributed by atoms with Crippen LogP contribution in [0.25, 0.3) is 0 Å². The molecule has 2 heteroatoms. The van der Waals surface area contributed by atoms with E-state index in [1.54, 1.807) is 0 Å². The van der Waals surface area contributed by atoms with Gasteiger partial charge in [-0.3, -0.25) is 0 Å². The van der Waals surface area contributed by atoms with Crippen molar-refractivity contribution in [3.05, 3.63) is 70.8 Å². The number of benzene rings is 2. The number of aryl methyl sites for hydroxylation is 1. The van der Waals surface area contributed by atoms with Gasteiger partial charge in [-0.25, -0.2) is 0 Å². The first kappa shape index (κ1) is 13.8. The maximum Gasteiger partial charge on any atom is 0.0551 e. The highest BCUT2D eigenvalue weighted by molar-refractivity contribution is 5.34. The Hall–Kier alpha value is -1.64. The van der Waals surface area contributed by atoms with Gasteiger partial charge in [0, 0.05) is 6.54 Å². The predicted octanol–water partition coefficient (Wildman–Crippen LogP) is 3.10. The molecule has 0 fully saturated rings. The molecule has 100 valence electrons. The van der Waals surface area contributed by atoms with E-state index in [1.807, 2.05) is 0 Å². The summed E-state index contributed by atoms with van der Waals surface area (Å²) in [7, 11) is 4.15. The van der Waals surface area contributed by atoms with Gasteiger partial charge in [-0.2, -0.15) is 0 Å². The third kappa shape index (κ3) is 3.66. The van der Waals surface area contributed by atoms with Gasteiger partial charge in [-0.05, 0) is 37.7 Å². The summed E-state index contributed by atoms with van der Waals surface area (Å²) in [6.45, 7) is 3.05. The van der Waals surface area contributed by atoms with E-state index in [4.69, 9.17) is 5.73 Å². The van der Waals surface area contributed by atoms with Crippen LogP contribution in [0.1, 0.15) is 28.3 Å². The second-order valence-corrected chi connectivity index (χ2v) is 5.37. The van der Waals surface area contributed by atoms with Gasteiger partial charge < -0.3 is 10.6 Å². The summed E-state index contributed by atoms with van der Waals surface area (Å²) in [5.41, 5.74) is 11.2. The lowest BCUT2D eigenvalue weighted by Crippen LogP contribution is -2.13. The average molecular weight is 254 g/mol. The minimum Gasteiger partial charge on any atom is -0.320 e. The smallest absolute Gasteiger partial charge is 0.0551 e. The molecule has 19 heavy (non-hydrogen) atoms. The third-order valence-electron chi connectivity index (χ3n) is 3.24. The maximum atomic E-state index is 6.33. The van der Waals surface area contributed by atoms with Gasteiger partial charge in [0.2, 0.25) is 0 Å². The lowest BCUT2D eigenvalue weighted by Gasteiger charge is -2.15. The quantitative estimate of drug-likeness (QED) is 0.908. The van der Waals surface area contributed by atoms with Gasteiger partial charge >= 0.3 is 0 Å². The van der Waals surface area contributed by atoms with Crippen molar-refractivity contribution in [2.45, 2.75) is 19.5 Å². The van der Waals surface area contributed by atoms with Crippen LogP contribution >= 0.6 is 0 Å². The second kappa shape index (κ2) is 6.00. The summed E-state index contributed by atoms with van der Waals surface area (Å²) >= 11 is 0. The summed E-state index contributed by atoms with van der Waals surface area (Å²) < 4.78 is 0. The minimum atomic E-state index is -0.0479. The summed E-state index contributed by atoms with van der Waals surface area (Å²) in [6.07, 6.45) is 0. The van der Waals surface area contributed by atoms with Crippen LogP contribution in [0, 0.1) is 6.92 Å². The van der Waals surface area contributed by atoms with Gasteiger partial charge in [0.25, 0.3) is 0 Å². The Morgan fingerprint density at radius 3 is 2.26 bits per heavy atom. The Morgan fingerprint density at radius 2 is 1.68 bits per heavy atom. The SMILES string of the molecule is Cc1cccc(C(N)c2ccc(CN(C)C)cc2)c1. The number of rotatable bonds is 4. The molecule has 1 unspecified atom stereocenters. The molecule has 2 nitrogen and oxygen atoms in total. The van der Waals surface area contributed by atoms with Crippen molar-refractivity contribution in [1.82, 2.24) is 4.90 Å². The highest BCUT2D eigenvalue weighted by Gasteiger charge is 2.08. The fraction of sp³-hybridized carbons (Fsp3) is 0.294. The highest BCUT2D eigenvalue weighted by atomic mass is 15.0. The zero-order chi connectivity index (χ0) is 13.8. The van der Waals surface area contributed by atoms with Crippen LogP contribution in [0.4, 0.5) is 0 Å². The van der Waals surface area contributed by atoms with E-state index in [0.29, 0.717) is 0 Å². The largest absolute Gasteiger partial charge is 0.320 e. The van der Waals surface area contributed by atoms with E-state index in [9.17, 15) is 0 Å². The molecular formula is C17H22N2. The van der Waals surface area contributed by atoms with E-state index >= 15 is 0 Å². The number of nitrogens with two attached hydrogens (primary N) is 1. The molecule has 2 aromatic rings. The molecular weight excluding hydrogens is 232 g/mol. The Balaban J connectivity index is 2.17. The number of hydrogen-bond donors (Lipinski definition) is 1. The standard InChI is InChI=1S/C17H22N2/c1-13-5-4-6-16(11-13)17(18)15-9-7-14(8-10-15)12-19(2)3/h4-11,17H,12,18H2,1-3H3. The van der Waals surface area contributed by atoms with Crippen molar-refractivity contribution in [3.63, 3.8) is 0 Å². The Labute approximate surface area is 115 Å². The number of nitrogens with zero attached hydrogens (tertiary/aromatic N) is 1. The average Bonchev–Trinajstić information content (AvgIpc) is 2.38. The maximum absolute atomic E-state index is 6.33. The minimum absolute atomic E-state index is 0.0479. The number of hydrogen-bond acceptors (Lipinski definition) is 2. The fourth-order valence-electron chi connectivity index (χ4n) is 2.25. The molecule has 0 saturated carbocycles. The molecule has 1 atom stereocenters. The van der Waals surface area contributed by atoms with Crippen molar-refractivity contribution in [3.8, 4) is 0 Å². The van der Waals surface area contributed by atoms with Crippen LogP contribution in [0.2, 0.25) is 0 Å². The van der Waals surface area contributed by atoms with Gasteiger partial charge in [-0.15, -0.1) is 0 Å². The molecule has 2 aromatic carbocycles. The first-order chi connectivity index (χ1) is 9.06. The lowest BCUT2D eigenvalue weighted by molar-refractivity contribution is 0.402. The summed E-state index contributed by atoms with van der Waals surface area (Å²) in [5.74, 6) is 0. The Kier molecular flexibility index (Phi) is 4.35. The van der Waals surface area contributed by atoms with Crippen molar-refractivity contribution >= 4 is 0 Å². The molecule has 0 aliphatic carbocycles.